The summed E-state index contributed by atoms with van der Waals surface area (Å²) in [6.07, 6.45) is 0. The Kier molecular flexibility index (Phi) is 4.52. The zero-order chi connectivity index (χ0) is 18.0. The van der Waals surface area contributed by atoms with Crippen molar-refractivity contribution in [2.75, 3.05) is 0 Å². The van der Waals surface area contributed by atoms with Crippen LogP contribution >= 0.6 is 0 Å². The molecule has 25 heavy (non-hydrogen) atoms. The second kappa shape index (κ2) is 6.62. The molecule has 0 fully saturated rings. The molecule has 0 heterocycles. The Bertz CT molecular complexity index is 1040. The molecule has 0 aliphatic heterocycles. The van der Waals surface area contributed by atoms with Crippen molar-refractivity contribution in [3.8, 4) is 0 Å². The maximum Gasteiger partial charge on any atom is 0.270 e. The first kappa shape index (κ1) is 17.1. The number of non-ortho nitro benzene ring substituents is 1. The highest BCUT2D eigenvalue weighted by Gasteiger charge is 2.21. The van der Waals surface area contributed by atoms with Crippen LogP contribution in [-0.2, 0) is 10.0 Å². The lowest BCUT2D eigenvalue weighted by molar-refractivity contribution is -0.385. The minimum absolute atomic E-state index is 0.131. The van der Waals surface area contributed by atoms with Crippen molar-refractivity contribution >= 4 is 26.5 Å². The Morgan fingerprint density at radius 3 is 2.44 bits per heavy atom. The van der Waals surface area contributed by atoms with Crippen LogP contribution in [0.2, 0.25) is 0 Å². The zero-order valence-electron chi connectivity index (χ0n) is 13.4. The molecule has 0 saturated heterocycles. The Labute approximate surface area is 145 Å². The first-order valence-corrected chi connectivity index (χ1v) is 9.11. The molecule has 0 unspecified atom stereocenters. The topological polar surface area (TPSA) is 89.3 Å². The molecule has 3 rings (SSSR count). The van der Waals surface area contributed by atoms with E-state index >= 15 is 0 Å². The molecular weight excluding hydrogens is 340 g/mol. The standard InChI is InChI=1S/C18H16N2O4S/c1-13(17-11-4-7-14-6-2-3-10-18(14)17)19-25(23,24)16-9-5-8-15(12-16)20(21)22/h2-13,19H,1H3/t13-/m1/s1. The van der Waals surface area contributed by atoms with E-state index in [1.165, 1.54) is 18.2 Å². The number of sulfonamides is 1. The Balaban J connectivity index is 1.95. The summed E-state index contributed by atoms with van der Waals surface area (Å²) in [5.41, 5.74) is 0.577. The molecule has 6 nitrogen and oxygen atoms in total. The number of rotatable bonds is 5. The van der Waals surface area contributed by atoms with Gasteiger partial charge in [0.25, 0.3) is 5.69 Å². The fourth-order valence-corrected chi connectivity index (χ4v) is 4.02. The number of hydrogen-bond acceptors (Lipinski definition) is 4. The van der Waals surface area contributed by atoms with Gasteiger partial charge in [-0.1, -0.05) is 48.5 Å². The van der Waals surface area contributed by atoms with E-state index in [9.17, 15) is 18.5 Å². The van der Waals surface area contributed by atoms with Crippen molar-refractivity contribution in [3.05, 3.63) is 82.4 Å². The molecule has 3 aromatic carbocycles. The van der Waals surface area contributed by atoms with Crippen molar-refractivity contribution < 1.29 is 13.3 Å². The molecule has 1 N–H and O–H groups in total. The smallest absolute Gasteiger partial charge is 0.258 e. The van der Waals surface area contributed by atoms with Gasteiger partial charge in [-0.05, 0) is 29.3 Å². The second-order valence-corrected chi connectivity index (χ2v) is 7.38. The van der Waals surface area contributed by atoms with Crippen molar-refractivity contribution in [2.24, 2.45) is 0 Å². The van der Waals surface area contributed by atoms with E-state index < -0.39 is 21.0 Å². The number of hydrogen-bond donors (Lipinski definition) is 1. The van der Waals surface area contributed by atoms with E-state index in [-0.39, 0.29) is 10.6 Å². The van der Waals surface area contributed by atoms with Gasteiger partial charge in [0.1, 0.15) is 0 Å². The van der Waals surface area contributed by atoms with E-state index in [0.717, 1.165) is 22.4 Å². The van der Waals surface area contributed by atoms with Gasteiger partial charge in [-0.2, -0.15) is 0 Å². The molecule has 128 valence electrons. The molecule has 0 amide bonds. The molecule has 1 atom stereocenters. The third-order valence-electron chi connectivity index (χ3n) is 3.96. The predicted molar refractivity (Wildman–Crippen MR) is 95.8 cm³/mol. The summed E-state index contributed by atoms with van der Waals surface area (Å²) in [4.78, 5) is 10.1. The first-order chi connectivity index (χ1) is 11.9. The quantitative estimate of drug-likeness (QED) is 0.556. The minimum Gasteiger partial charge on any atom is -0.258 e. The lowest BCUT2D eigenvalue weighted by Crippen LogP contribution is -2.27. The second-order valence-electron chi connectivity index (χ2n) is 5.67. The van der Waals surface area contributed by atoms with Crippen molar-refractivity contribution in [1.29, 1.82) is 0 Å². The highest BCUT2D eigenvalue weighted by Crippen LogP contribution is 2.26. The monoisotopic (exact) mass is 356 g/mol. The average molecular weight is 356 g/mol. The molecule has 0 bridgehead atoms. The molecule has 0 radical (unpaired) electrons. The van der Waals surface area contributed by atoms with Crippen LogP contribution in [0.25, 0.3) is 10.8 Å². The summed E-state index contributed by atoms with van der Waals surface area (Å²) in [5, 5.41) is 12.8. The Morgan fingerprint density at radius 2 is 1.68 bits per heavy atom. The van der Waals surface area contributed by atoms with E-state index in [1.807, 2.05) is 42.5 Å². The maximum atomic E-state index is 12.6. The average Bonchev–Trinajstić information content (AvgIpc) is 2.61. The van der Waals surface area contributed by atoms with E-state index in [2.05, 4.69) is 4.72 Å². The highest BCUT2D eigenvalue weighted by atomic mass is 32.2. The zero-order valence-corrected chi connectivity index (χ0v) is 14.2. The van der Waals surface area contributed by atoms with Gasteiger partial charge in [0.2, 0.25) is 10.0 Å². The number of nitrogens with one attached hydrogen (secondary N) is 1. The van der Waals surface area contributed by atoms with Gasteiger partial charge < -0.3 is 0 Å². The number of nitro benzene ring substituents is 1. The normalized spacial score (nSPS) is 12.8. The summed E-state index contributed by atoms with van der Waals surface area (Å²) in [6.45, 7) is 1.75. The van der Waals surface area contributed by atoms with Gasteiger partial charge in [0, 0.05) is 18.2 Å². The predicted octanol–water partition coefficient (Wildman–Crippen LogP) is 3.79. The van der Waals surface area contributed by atoms with Crippen LogP contribution in [0, 0.1) is 10.1 Å². The highest BCUT2D eigenvalue weighted by molar-refractivity contribution is 7.89. The van der Waals surface area contributed by atoms with Gasteiger partial charge >= 0.3 is 0 Å². The molecule has 0 aliphatic carbocycles. The van der Waals surface area contributed by atoms with Crippen LogP contribution in [0.4, 0.5) is 5.69 Å². The Morgan fingerprint density at radius 1 is 1.00 bits per heavy atom. The van der Waals surface area contributed by atoms with Crippen LogP contribution < -0.4 is 4.72 Å². The van der Waals surface area contributed by atoms with Gasteiger partial charge in [-0.3, -0.25) is 10.1 Å². The molecule has 3 aromatic rings. The summed E-state index contributed by atoms with van der Waals surface area (Å²) in [5.74, 6) is 0. The minimum atomic E-state index is -3.89. The third kappa shape index (κ3) is 3.52. The van der Waals surface area contributed by atoms with Crippen molar-refractivity contribution in [2.45, 2.75) is 17.9 Å². The summed E-state index contributed by atoms with van der Waals surface area (Å²) in [6, 6.07) is 17.9. The van der Waals surface area contributed by atoms with Gasteiger partial charge in [0.05, 0.1) is 9.82 Å². The van der Waals surface area contributed by atoms with Crippen LogP contribution in [0.1, 0.15) is 18.5 Å². The molecule has 7 heteroatoms. The lowest BCUT2D eigenvalue weighted by Gasteiger charge is -2.17. The largest absolute Gasteiger partial charge is 0.270 e. The van der Waals surface area contributed by atoms with E-state index in [0.29, 0.717) is 0 Å². The maximum absolute atomic E-state index is 12.6. The van der Waals surface area contributed by atoms with Crippen molar-refractivity contribution in [3.63, 3.8) is 0 Å². The van der Waals surface area contributed by atoms with Crippen LogP contribution in [-0.4, -0.2) is 13.3 Å². The number of benzene rings is 3. The Hall–Kier alpha value is -2.77. The lowest BCUT2D eigenvalue weighted by atomic mass is 10.0. The molecule has 0 spiro atoms. The van der Waals surface area contributed by atoms with E-state index in [4.69, 9.17) is 0 Å². The van der Waals surface area contributed by atoms with Gasteiger partial charge in [-0.25, -0.2) is 13.1 Å². The SMILES string of the molecule is C[C@@H](NS(=O)(=O)c1cccc([N+](=O)[O-])c1)c1cccc2ccccc12. The van der Waals surface area contributed by atoms with Crippen LogP contribution in [0.3, 0.4) is 0 Å². The number of fused-ring (bicyclic) bond motifs is 1. The number of nitro groups is 1. The molecule has 0 aliphatic rings. The van der Waals surface area contributed by atoms with Gasteiger partial charge in [-0.15, -0.1) is 0 Å². The van der Waals surface area contributed by atoms with Gasteiger partial charge in [0.15, 0.2) is 0 Å². The van der Waals surface area contributed by atoms with E-state index in [1.54, 1.807) is 6.92 Å². The fourth-order valence-electron chi connectivity index (χ4n) is 2.76. The molecular formula is C18H16N2O4S. The third-order valence-corrected chi connectivity index (χ3v) is 5.50. The summed E-state index contributed by atoms with van der Waals surface area (Å²) in [7, 11) is -3.89. The van der Waals surface area contributed by atoms with Crippen molar-refractivity contribution in [1.82, 2.24) is 4.72 Å². The van der Waals surface area contributed by atoms with Crippen LogP contribution in [0.5, 0.6) is 0 Å². The fraction of sp³-hybridized carbons (Fsp3) is 0.111. The molecule has 0 aromatic heterocycles. The number of nitrogens with zero attached hydrogens (tertiary/aromatic N) is 1. The first-order valence-electron chi connectivity index (χ1n) is 7.63. The summed E-state index contributed by atoms with van der Waals surface area (Å²) < 4.78 is 27.8. The van der Waals surface area contributed by atoms with Crippen LogP contribution in [0.15, 0.2) is 71.6 Å². The summed E-state index contributed by atoms with van der Waals surface area (Å²) >= 11 is 0. The molecule has 0 saturated carbocycles.